The summed E-state index contributed by atoms with van der Waals surface area (Å²) in [6, 6.07) is 1.47. The monoisotopic (exact) mass is 169 g/mol. The minimum Gasteiger partial charge on any atom is -0.311 e. The predicted octanol–water partition coefficient (Wildman–Crippen LogP) is 2.81. The highest BCUT2D eigenvalue weighted by Gasteiger charge is 2.24. The van der Waals surface area contributed by atoms with Crippen LogP contribution in [0.3, 0.4) is 0 Å². The molecule has 1 fully saturated rings. The molecule has 0 bridgehead atoms. The van der Waals surface area contributed by atoms with Crippen molar-refractivity contribution in [2.24, 2.45) is 11.8 Å². The van der Waals surface area contributed by atoms with Gasteiger partial charge >= 0.3 is 0 Å². The van der Waals surface area contributed by atoms with Crippen molar-refractivity contribution in [1.29, 1.82) is 0 Å². The fraction of sp³-hybridized carbons (Fsp3) is 1.00. The molecular formula is C11H23N. The average molecular weight is 169 g/mol. The van der Waals surface area contributed by atoms with Crippen molar-refractivity contribution >= 4 is 0 Å². The highest BCUT2D eigenvalue weighted by atomic mass is 15.0. The van der Waals surface area contributed by atoms with E-state index in [9.17, 15) is 0 Å². The minimum atomic E-state index is 0.676. The molecule has 3 atom stereocenters. The molecular weight excluding hydrogens is 146 g/mol. The van der Waals surface area contributed by atoms with E-state index in [0.717, 1.165) is 17.9 Å². The van der Waals surface area contributed by atoms with Crippen molar-refractivity contribution in [3.63, 3.8) is 0 Å². The summed E-state index contributed by atoms with van der Waals surface area (Å²) >= 11 is 0. The molecule has 0 saturated heterocycles. The Balaban J connectivity index is 2.30. The van der Waals surface area contributed by atoms with E-state index in [1.165, 1.54) is 19.3 Å². The second-order valence-electron chi connectivity index (χ2n) is 4.71. The zero-order chi connectivity index (χ0) is 9.14. The van der Waals surface area contributed by atoms with Gasteiger partial charge in [0.2, 0.25) is 0 Å². The zero-order valence-corrected chi connectivity index (χ0v) is 8.93. The van der Waals surface area contributed by atoms with Gasteiger partial charge < -0.3 is 5.32 Å². The first-order chi connectivity index (χ1) is 5.61. The Kier molecular flexibility index (Phi) is 3.57. The van der Waals surface area contributed by atoms with Crippen LogP contribution in [0.25, 0.3) is 0 Å². The molecule has 12 heavy (non-hydrogen) atoms. The van der Waals surface area contributed by atoms with Crippen molar-refractivity contribution < 1.29 is 0 Å². The maximum Gasteiger partial charge on any atom is 0.00952 e. The van der Waals surface area contributed by atoms with Gasteiger partial charge in [0, 0.05) is 12.1 Å². The van der Waals surface area contributed by atoms with Gasteiger partial charge in [-0.2, -0.15) is 0 Å². The third-order valence-corrected chi connectivity index (χ3v) is 3.34. The van der Waals surface area contributed by atoms with Crippen molar-refractivity contribution in [3.8, 4) is 0 Å². The number of hydrogen-bond acceptors (Lipinski definition) is 1. The van der Waals surface area contributed by atoms with Crippen LogP contribution in [0.15, 0.2) is 0 Å². The summed E-state index contributed by atoms with van der Waals surface area (Å²) in [4.78, 5) is 0. The molecule has 0 heterocycles. The first-order valence-corrected chi connectivity index (χ1v) is 5.37. The first-order valence-electron chi connectivity index (χ1n) is 5.37. The molecule has 72 valence electrons. The molecule has 1 nitrogen and oxygen atoms in total. The van der Waals surface area contributed by atoms with Crippen LogP contribution < -0.4 is 5.32 Å². The van der Waals surface area contributed by atoms with Gasteiger partial charge in [0.15, 0.2) is 0 Å². The van der Waals surface area contributed by atoms with E-state index < -0.39 is 0 Å². The maximum absolute atomic E-state index is 3.73. The van der Waals surface area contributed by atoms with Crippen molar-refractivity contribution in [2.75, 3.05) is 0 Å². The summed E-state index contributed by atoms with van der Waals surface area (Å²) in [5.41, 5.74) is 0. The van der Waals surface area contributed by atoms with Crippen LogP contribution in [0.4, 0.5) is 0 Å². The molecule has 0 spiro atoms. The highest BCUT2D eigenvalue weighted by Crippen LogP contribution is 2.25. The van der Waals surface area contributed by atoms with Crippen LogP contribution in [0.5, 0.6) is 0 Å². The van der Waals surface area contributed by atoms with Crippen molar-refractivity contribution in [2.45, 2.75) is 59.0 Å². The Morgan fingerprint density at radius 2 is 1.83 bits per heavy atom. The second kappa shape index (κ2) is 4.27. The van der Waals surface area contributed by atoms with Crippen LogP contribution in [0, 0.1) is 11.8 Å². The van der Waals surface area contributed by atoms with Gasteiger partial charge in [-0.1, -0.05) is 27.2 Å². The summed E-state index contributed by atoms with van der Waals surface area (Å²) in [5, 5.41) is 3.73. The lowest BCUT2D eigenvalue weighted by Crippen LogP contribution is -2.40. The zero-order valence-electron chi connectivity index (χ0n) is 8.93. The molecule has 1 rings (SSSR count). The van der Waals surface area contributed by atoms with E-state index in [4.69, 9.17) is 0 Å². The third kappa shape index (κ3) is 2.48. The molecule has 1 N–H and O–H groups in total. The highest BCUT2D eigenvalue weighted by molar-refractivity contribution is 4.82. The van der Waals surface area contributed by atoms with Crippen LogP contribution in [-0.4, -0.2) is 12.1 Å². The van der Waals surface area contributed by atoms with E-state index in [2.05, 4.69) is 33.0 Å². The van der Waals surface area contributed by atoms with E-state index >= 15 is 0 Å². The topological polar surface area (TPSA) is 12.0 Å². The average Bonchev–Trinajstić information content (AvgIpc) is 2.36. The molecule has 3 unspecified atom stereocenters. The lowest BCUT2D eigenvalue weighted by molar-refractivity contribution is 0.334. The lowest BCUT2D eigenvalue weighted by Gasteiger charge is -2.25. The fourth-order valence-corrected chi connectivity index (χ4v) is 1.92. The quantitative estimate of drug-likeness (QED) is 0.685. The second-order valence-corrected chi connectivity index (χ2v) is 4.71. The Morgan fingerprint density at radius 1 is 1.17 bits per heavy atom. The van der Waals surface area contributed by atoms with Crippen molar-refractivity contribution in [3.05, 3.63) is 0 Å². The minimum absolute atomic E-state index is 0.676. The van der Waals surface area contributed by atoms with Crippen LogP contribution in [0.2, 0.25) is 0 Å². The normalized spacial score (nSPS) is 32.8. The third-order valence-electron chi connectivity index (χ3n) is 3.34. The molecule has 1 aliphatic carbocycles. The molecule has 1 heteroatoms. The number of rotatable bonds is 3. The molecule has 0 amide bonds. The summed E-state index contributed by atoms with van der Waals surface area (Å²) in [7, 11) is 0. The van der Waals surface area contributed by atoms with E-state index in [0.29, 0.717) is 6.04 Å². The van der Waals surface area contributed by atoms with E-state index in [1.807, 2.05) is 0 Å². The van der Waals surface area contributed by atoms with Gasteiger partial charge in [0.25, 0.3) is 0 Å². The summed E-state index contributed by atoms with van der Waals surface area (Å²) < 4.78 is 0. The van der Waals surface area contributed by atoms with Gasteiger partial charge in [-0.15, -0.1) is 0 Å². The Morgan fingerprint density at radius 3 is 2.25 bits per heavy atom. The standard InChI is InChI=1S/C11H23N/c1-8(2)10(4)12-11-7-5-6-9(11)3/h8-12H,5-7H2,1-4H3. The Bertz CT molecular complexity index is 131. The fourth-order valence-electron chi connectivity index (χ4n) is 1.92. The van der Waals surface area contributed by atoms with E-state index in [1.54, 1.807) is 0 Å². The van der Waals surface area contributed by atoms with Gasteiger partial charge in [-0.25, -0.2) is 0 Å². The van der Waals surface area contributed by atoms with Crippen LogP contribution in [0.1, 0.15) is 47.0 Å². The van der Waals surface area contributed by atoms with E-state index in [-0.39, 0.29) is 0 Å². The molecule has 0 aromatic rings. The molecule has 0 aromatic carbocycles. The predicted molar refractivity (Wildman–Crippen MR) is 54.2 cm³/mol. The largest absolute Gasteiger partial charge is 0.311 e. The number of hydrogen-bond donors (Lipinski definition) is 1. The number of nitrogens with one attached hydrogen (secondary N) is 1. The van der Waals surface area contributed by atoms with Gasteiger partial charge in [0.1, 0.15) is 0 Å². The van der Waals surface area contributed by atoms with Gasteiger partial charge in [0.05, 0.1) is 0 Å². The Hall–Kier alpha value is -0.0400. The van der Waals surface area contributed by atoms with Crippen LogP contribution in [-0.2, 0) is 0 Å². The summed E-state index contributed by atoms with van der Waals surface area (Å²) in [6.45, 7) is 9.25. The molecule has 1 aliphatic rings. The Labute approximate surface area is 76.9 Å². The van der Waals surface area contributed by atoms with Crippen LogP contribution >= 0.6 is 0 Å². The SMILES string of the molecule is CC(C)C(C)NC1CCCC1C. The van der Waals surface area contributed by atoms with Crippen molar-refractivity contribution in [1.82, 2.24) is 5.32 Å². The van der Waals surface area contributed by atoms with Gasteiger partial charge in [-0.3, -0.25) is 0 Å². The van der Waals surface area contributed by atoms with Gasteiger partial charge in [-0.05, 0) is 31.6 Å². The lowest BCUT2D eigenvalue weighted by atomic mass is 10.0. The smallest absolute Gasteiger partial charge is 0.00952 e. The molecule has 0 radical (unpaired) electrons. The maximum atomic E-state index is 3.73. The molecule has 0 aliphatic heterocycles. The molecule has 0 aromatic heterocycles. The summed E-state index contributed by atoms with van der Waals surface area (Å²) in [6.07, 6.45) is 4.23. The molecule has 1 saturated carbocycles. The first kappa shape index (κ1) is 10.0. The summed E-state index contributed by atoms with van der Waals surface area (Å²) in [5.74, 6) is 1.66.